The molecule has 3 heteroatoms. The number of halogens is 2. The van der Waals surface area contributed by atoms with Crippen LogP contribution in [0, 0.1) is 17.0 Å². The maximum atomic E-state index is 13.5. The van der Waals surface area contributed by atoms with Crippen LogP contribution in [0.4, 0.5) is 8.78 Å². The van der Waals surface area contributed by atoms with Crippen molar-refractivity contribution in [1.82, 2.24) is 0 Å². The molecule has 1 aromatic rings. The molecule has 2 N–H and O–H groups in total. The van der Waals surface area contributed by atoms with Crippen molar-refractivity contribution in [3.8, 4) is 0 Å². The first-order chi connectivity index (χ1) is 6.82. The number of benzene rings is 1. The van der Waals surface area contributed by atoms with E-state index in [0.717, 1.165) is 18.9 Å². The van der Waals surface area contributed by atoms with Gasteiger partial charge in [-0.1, -0.05) is 19.9 Å². The lowest BCUT2D eigenvalue weighted by molar-refractivity contribution is 0.0589. The first-order valence-electron chi connectivity index (χ1n) is 5.07. The summed E-state index contributed by atoms with van der Waals surface area (Å²) < 4.78 is 26.2. The Labute approximate surface area is 88.3 Å². The van der Waals surface area contributed by atoms with Crippen molar-refractivity contribution in [2.24, 2.45) is 11.1 Å². The molecule has 2 rings (SSSR count). The summed E-state index contributed by atoms with van der Waals surface area (Å²) in [6.07, 6.45) is 1.48. The Bertz CT molecular complexity index is 391. The van der Waals surface area contributed by atoms with Crippen LogP contribution in [0.5, 0.6) is 0 Å². The molecule has 0 saturated heterocycles. The van der Waals surface area contributed by atoms with Crippen molar-refractivity contribution < 1.29 is 8.78 Å². The molecule has 1 saturated carbocycles. The standard InChI is InChI=1S/C12H15F2N/c1-11(2)6-12(15,7-11)9-4-3-8(13)5-10(9)14/h3-5H,6-7,15H2,1-2H3. The molecule has 0 amide bonds. The molecule has 82 valence electrons. The predicted octanol–water partition coefficient (Wildman–Crippen LogP) is 2.94. The van der Waals surface area contributed by atoms with E-state index in [1.54, 1.807) is 0 Å². The van der Waals surface area contributed by atoms with Crippen LogP contribution in [0.1, 0.15) is 32.3 Å². The fourth-order valence-electron chi connectivity index (χ4n) is 2.74. The number of hydrogen-bond donors (Lipinski definition) is 1. The molecule has 15 heavy (non-hydrogen) atoms. The van der Waals surface area contributed by atoms with Gasteiger partial charge in [-0.2, -0.15) is 0 Å². The molecule has 1 aromatic carbocycles. The maximum Gasteiger partial charge on any atom is 0.131 e. The zero-order chi connectivity index (χ0) is 11.3. The topological polar surface area (TPSA) is 26.0 Å². The Balaban J connectivity index is 2.32. The zero-order valence-electron chi connectivity index (χ0n) is 8.98. The summed E-state index contributed by atoms with van der Waals surface area (Å²) >= 11 is 0. The van der Waals surface area contributed by atoms with E-state index in [2.05, 4.69) is 13.8 Å². The van der Waals surface area contributed by atoms with E-state index >= 15 is 0 Å². The highest BCUT2D eigenvalue weighted by Crippen LogP contribution is 2.52. The molecule has 1 aliphatic rings. The second kappa shape index (κ2) is 3.01. The average molecular weight is 211 g/mol. The van der Waals surface area contributed by atoms with Crippen molar-refractivity contribution in [3.63, 3.8) is 0 Å². The van der Waals surface area contributed by atoms with E-state index in [9.17, 15) is 8.78 Å². The minimum Gasteiger partial charge on any atom is -0.321 e. The monoisotopic (exact) mass is 211 g/mol. The van der Waals surface area contributed by atoms with Crippen molar-refractivity contribution in [3.05, 3.63) is 35.4 Å². The first kappa shape index (κ1) is 10.6. The fraction of sp³-hybridized carbons (Fsp3) is 0.500. The molecular weight excluding hydrogens is 196 g/mol. The number of rotatable bonds is 1. The van der Waals surface area contributed by atoms with Gasteiger partial charge >= 0.3 is 0 Å². The van der Waals surface area contributed by atoms with E-state index in [1.165, 1.54) is 12.1 Å². The zero-order valence-corrected chi connectivity index (χ0v) is 8.98. The second-order valence-electron chi connectivity index (χ2n) is 5.30. The quantitative estimate of drug-likeness (QED) is 0.759. The van der Waals surface area contributed by atoms with Gasteiger partial charge in [0.1, 0.15) is 11.6 Å². The molecular formula is C12H15F2N. The molecule has 1 fully saturated rings. The molecule has 0 aromatic heterocycles. The Morgan fingerprint density at radius 1 is 1.20 bits per heavy atom. The summed E-state index contributed by atoms with van der Waals surface area (Å²) in [7, 11) is 0. The van der Waals surface area contributed by atoms with Gasteiger partial charge in [-0.15, -0.1) is 0 Å². The molecule has 0 aliphatic heterocycles. The smallest absolute Gasteiger partial charge is 0.131 e. The number of nitrogens with two attached hydrogens (primary N) is 1. The molecule has 0 unspecified atom stereocenters. The summed E-state index contributed by atoms with van der Waals surface area (Å²) in [6, 6.07) is 3.62. The van der Waals surface area contributed by atoms with Crippen LogP contribution >= 0.6 is 0 Å². The summed E-state index contributed by atoms with van der Waals surface area (Å²) in [6.45, 7) is 4.19. The lowest BCUT2D eigenvalue weighted by Crippen LogP contribution is -2.53. The van der Waals surface area contributed by atoms with Crippen LogP contribution in [0.25, 0.3) is 0 Å². The van der Waals surface area contributed by atoms with E-state index in [4.69, 9.17) is 5.73 Å². The Hall–Kier alpha value is -0.960. The van der Waals surface area contributed by atoms with Crippen molar-refractivity contribution in [2.45, 2.75) is 32.2 Å². The summed E-state index contributed by atoms with van der Waals surface area (Å²) in [4.78, 5) is 0. The molecule has 1 aliphatic carbocycles. The minimum absolute atomic E-state index is 0.162. The summed E-state index contributed by atoms with van der Waals surface area (Å²) in [5.41, 5.74) is 6.07. The highest BCUT2D eigenvalue weighted by atomic mass is 19.1. The summed E-state index contributed by atoms with van der Waals surface area (Å²) in [5.74, 6) is -1.09. The molecule has 1 nitrogen and oxygen atoms in total. The SMILES string of the molecule is CC1(C)CC(N)(c2ccc(F)cc2F)C1. The molecule has 0 atom stereocenters. The average Bonchev–Trinajstić information content (AvgIpc) is 1.98. The van der Waals surface area contributed by atoms with E-state index < -0.39 is 17.2 Å². The van der Waals surface area contributed by atoms with Crippen molar-refractivity contribution in [1.29, 1.82) is 0 Å². The number of hydrogen-bond acceptors (Lipinski definition) is 1. The van der Waals surface area contributed by atoms with Crippen LogP contribution in [-0.2, 0) is 5.54 Å². The molecule has 0 spiro atoms. The van der Waals surface area contributed by atoms with Gasteiger partial charge in [-0.25, -0.2) is 8.78 Å². The normalized spacial score (nSPS) is 22.2. The second-order valence-corrected chi connectivity index (χ2v) is 5.30. The van der Waals surface area contributed by atoms with E-state index in [0.29, 0.717) is 5.56 Å². The van der Waals surface area contributed by atoms with Gasteiger partial charge in [0.15, 0.2) is 0 Å². The molecule has 0 heterocycles. The van der Waals surface area contributed by atoms with Gasteiger partial charge in [0, 0.05) is 17.2 Å². The van der Waals surface area contributed by atoms with Crippen LogP contribution in [-0.4, -0.2) is 0 Å². The van der Waals surface area contributed by atoms with Gasteiger partial charge in [-0.05, 0) is 24.3 Å². The van der Waals surface area contributed by atoms with E-state index in [1.807, 2.05) is 0 Å². The maximum absolute atomic E-state index is 13.5. The van der Waals surface area contributed by atoms with Gasteiger partial charge in [0.25, 0.3) is 0 Å². The first-order valence-corrected chi connectivity index (χ1v) is 5.07. The minimum atomic E-state index is -0.610. The van der Waals surface area contributed by atoms with Crippen molar-refractivity contribution >= 4 is 0 Å². The molecule has 0 bridgehead atoms. The third-order valence-electron chi connectivity index (χ3n) is 3.06. The fourth-order valence-corrected chi connectivity index (χ4v) is 2.74. The van der Waals surface area contributed by atoms with Gasteiger partial charge in [0.2, 0.25) is 0 Å². The molecule has 0 radical (unpaired) electrons. The highest BCUT2D eigenvalue weighted by molar-refractivity contribution is 5.30. The third kappa shape index (κ3) is 1.76. The van der Waals surface area contributed by atoms with Crippen molar-refractivity contribution in [2.75, 3.05) is 0 Å². The van der Waals surface area contributed by atoms with Crippen LogP contribution in [0.15, 0.2) is 18.2 Å². The lowest BCUT2D eigenvalue weighted by atomic mass is 9.57. The van der Waals surface area contributed by atoms with E-state index in [-0.39, 0.29) is 5.41 Å². The van der Waals surface area contributed by atoms with Crippen LogP contribution < -0.4 is 5.73 Å². The van der Waals surface area contributed by atoms with Gasteiger partial charge in [0.05, 0.1) is 0 Å². The lowest BCUT2D eigenvalue weighted by Gasteiger charge is -2.51. The van der Waals surface area contributed by atoms with Crippen LogP contribution in [0.3, 0.4) is 0 Å². The van der Waals surface area contributed by atoms with Gasteiger partial charge < -0.3 is 5.73 Å². The Morgan fingerprint density at radius 3 is 2.27 bits per heavy atom. The van der Waals surface area contributed by atoms with Crippen LogP contribution in [0.2, 0.25) is 0 Å². The van der Waals surface area contributed by atoms with Gasteiger partial charge in [-0.3, -0.25) is 0 Å². The Morgan fingerprint density at radius 2 is 1.80 bits per heavy atom. The predicted molar refractivity (Wildman–Crippen MR) is 55.2 cm³/mol. The highest BCUT2D eigenvalue weighted by Gasteiger charge is 2.48. The Kier molecular flexibility index (Phi) is 2.12. The largest absolute Gasteiger partial charge is 0.321 e. The summed E-state index contributed by atoms with van der Waals surface area (Å²) in [5, 5.41) is 0. The third-order valence-corrected chi connectivity index (χ3v) is 3.06.